The van der Waals surface area contributed by atoms with Crippen LogP contribution in [0.4, 0.5) is 0 Å². The van der Waals surface area contributed by atoms with E-state index < -0.39 is 16.0 Å². The molecule has 0 saturated heterocycles. The van der Waals surface area contributed by atoms with E-state index in [1.165, 1.54) is 18.2 Å². The largest absolute Gasteiger partial charge is 0.462 e. The van der Waals surface area contributed by atoms with E-state index in [0.29, 0.717) is 16.0 Å². The number of halogens is 2. The first-order valence-corrected chi connectivity index (χ1v) is 9.34. The molecule has 0 spiro atoms. The predicted molar refractivity (Wildman–Crippen MR) is 93.2 cm³/mol. The van der Waals surface area contributed by atoms with Crippen molar-refractivity contribution in [3.05, 3.63) is 28.2 Å². The van der Waals surface area contributed by atoms with Gasteiger partial charge in [-0.3, -0.25) is 0 Å². The van der Waals surface area contributed by atoms with E-state index in [9.17, 15) is 13.2 Å². The summed E-state index contributed by atoms with van der Waals surface area (Å²) in [6, 6.07) is 4.08. The number of ether oxygens (including phenoxy) is 1. The molecular formula is C14H20BrClN2O4S. The summed E-state index contributed by atoms with van der Waals surface area (Å²) in [5.41, 5.74) is 6.19. The lowest BCUT2D eigenvalue weighted by Gasteiger charge is -2.13. The number of esters is 1. The van der Waals surface area contributed by atoms with E-state index in [1.54, 1.807) is 6.92 Å². The normalized spacial score (nSPS) is 15.6. The minimum Gasteiger partial charge on any atom is -0.462 e. The van der Waals surface area contributed by atoms with E-state index in [-0.39, 0.29) is 36.5 Å². The first kappa shape index (κ1) is 20.4. The summed E-state index contributed by atoms with van der Waals surface area (Å²) < 4.78 is 32.3. The van der Waals surface area contributed by atoms with Crippen molar-refractivity contribution in [1.82, 2.24) is 4.72 Å². The molecule has 0 aromatic heterocycles. The Balaban J connectivity index is 0.00000264. The number of benzene rings is 1. The Hall–Kier alpha value is -0.670. The highest BCUT2D eigenvalue weighted by Crippen LogP contribution is 2.31. The summed E-state index contributed by atoms with van der Waals surface area (Å²) in [6.07, 6.45) is 2.11. The van der Waals surface area contributed by atoms with Crippen molar-refractivity contribution >= 4 is 44.3 Å². The molecule has 1 atom stereocenters. The van der Waals surface area contributed by atoms with Crippen molar-refractivity contribution < 1.29 is 17.9 Å². The van der Waals surface area contributed by atoms with Gasteiger partial charge in [-0.05, 0) is 59.8 Å². The van der Waals surface area contributed by atoms with Crippen LogP contribution in [0.25, 0.3) is 0 Å². The van der Waals surface area contributed by atoms with E-state index in [0.717, 1.165) is 12.8 Å². The van der Waals surface area contributed by atoms with Gasteiger partial charge in [0.25, 0.3) is 0 Å². The van der Waals surface area contributed by atoms with Gasteiger partial charge in [0.2, 0.25) is 10.0 Å². The van der Waals surface area contributed by atoms with Crippen LogP contribution in [0.5, 0.6) is 0 Å². The van der Waals surface area contributed by atoms with Crippen LogP contribution in [-0.2, 0) is 14.8 Å². The van der Waals surface area contributed by atoms with Gasteiger partial charge in [-0.25, -0.2) is 17.9 Å². The molecule has 1 unspecified atom stereocenters. The first-order chi connectivity index (χ1) is 10.3. The molecule has 1 aromatic carbocycles. The maximum atomic E-state index is 12.3. The Kier molecular flexibility index (Phi) is 7.47. The lowest BCUT2D eigenvalue weighted by molar-refractivity contribution is 0.0526. The molecule has 0 radical (unpaired) electrons. The number of nitrogens with two attached hydrogens (primary N) is 1. The van der Waals surface area contributed by atoms with E-state index in [2.05, 4.69) is 20.7 Å². The highest BCUT2D eigenvalue weighted by molar-refractivity contribution is 9.10. The molecule has 1 aliphatic rings. The molecule has 2 rings (SSSR count). The zero-order chi connectivity index (χ0) is 16.3. The lowest BCUT2D eigenvalue weighted by atomic mass is 10.2. The summed E-state index contributed by atoms with van der Waals surface area (Å²) in [5.74, 6) is -0.0757. The van der Waals surface area contributed by atoms with E-state index in [1.807, 2.05) is 0 Å². The molecule has 0 amide bonds. The summed E-state index contributed by atoms with van der Waals surface area (Å²) in [6.45, 7) is 2.18. The molecule has 130 valence electrons. The third kappa shape index (κ3) is 5.42. The molecule has 23 heavy (non-hydrogen) atoms. The second-order valence-electron chi connectivity index (χ2n) is 5.22. The van der Waals surface area contributed by atoms with Crippen LogP contribution in [0.15, 0.2) is 27.6 Å². The predicted octanol–water partition coefficient (Wildman–Crippen LogP) is 2.06. The fourth-order valence-corrected chi connectivity index (χ4v) is 4.18. The Morgan fingerprint density at radius 2 is 2.13 bits per heavy atom. The average Bonchev–Trinajstić information content (AvgIpc) is 3.29. The maximum Gasteiger partial charge on any atom is 0.338 e. The molecule has 1 aliphatic carbocycles. The second kappa shape index (κ2) is 8.43. The Morgan fingerprint density at radius 3 is 2.65 bits per heavy atom. The topological polar surface area (TPSA) is 98.5 Å². The van der Waals surface area contributed by atoms with Gasteiger partial charge in [0.15, 0.2) is 0 Å². The van der Waals surface area contributed by atoms with Crippen molar-refractivity contribution in [2.45, 2.75) is 30.7 Å². The number of sulfonamides is 1. The fraction of sp³-hybridized carbons (Fsp3) is 0.500. The van der Waals surface area contributed by atoms with Crippen molar-refractivity contribution in [2.75, 3.05) is 13.2 Å². The van der Waals surface area contributed by atoms with Crippen LogP contribution in [0.3, 0.4) is 0 Å². The summed E-state index contributed by atoms with van der Waals surface area (Å²) in [5, 5.41) is 0. The van der Waals surface area contributed by atoms with Gasteiger partial charge in [-0.15, -0.1) is 12.4 Å². The highest BCUT2D eigenvalue weighted by Gasteiger charge is 2.29. The van der Waals surface area contributed by atoms with Crippen LogP contribution in [-0.4, -0.2) is 33.6 Å². The highest BCUT2D eigenvalue weighted by atomic mass is 79.9. The zero-order valence-electron chi connectivity index (χ0n) is 12.6. The average molecular weight is 428 g/mol. The van der Waals surface area contributed by atoms with Crippen molar-refractivity contribution in [3.8, 4) is 0 Å². The van der Waals surface area contributed by atoms with Gasteiger partial charge >= 0.3 is 5.97 Å². The standard InChI is InChI=1S/C14H19BrN2O4S.ClH/c1-2-21-14(18)10-5-6-13(11(15)7-10)22(19,20)17-8-12(16)9-3-4-9;/h5-7,9,12,17H,2-4,8,16H2,1H3;1H. The van der Waals surface area contributed by atoms with Crippen LogP contribution >= 0.6 is 28.3 Å². The molecule has 3 N–H and O–H groups in total. The van der Waals surface area contributed by atoms with Crippen LogP contribution in [0.1, 0.15) is 30.1 Å². The molecule has 0 bridgehead atoms. The molecule has 6 nitrogen and oxygen atoms in total. The van der Waals surface area contributed by atoms with Gasteiger partial charge in [0.05, 0.1) is 17.1 Å². The van der Waals surface area contributed by atoms with Crippen molar-refractivity contribution in [1.29, 1.82) is 0 Å². The fourth-order valence-electron chi connectivity index (χ4n) is 2.03. The molecule has 1 fully saturated rings. The zero-order valence-corrected chi connectivity index (χ0v) is 15.8. The van der Waals surface area contributed by atoms with Crippen LogP contribution in [0.2, 0.25) is 0 Å². The number of hydrogen-bond acceptors (Lipinski definition) is 5. The monoisotopic (exact) mass is 426 g/mol. The molecule has 0 heterocycles. The minimum absolute atomic E-state index is 0. The van der Waals surface area contributed by atoms with Gasteiger partial charge in [-0.2, -0.15) is 0 Å². The lowest BCUT2D eigenvalue weighted by Crippen LogP contribution is -2.38. The molecule has 1 saturated carbocycles. The van der Waals surface area contributed by atoms with Gasteiger partial charge in [-0.1, -0.05) is 0 Å². The number of rotatable bonds is 7. The number of nitrogens with one attached hydrogen (secondary N) is 1. The minimum atomic E-state index is -3.68. The number of carbonyl (C=O) groups excluding carboxylic acids is 1. The smallest absolute Gasteiger partial charge is 0.338 e. The van der Waals surface area contributed by atoms with Crippen LogP contribution < -0.4 is 10.5 Å². The third-order valence-corrected chi connectivity index (χ3v) is 5.87. The van der Waals surface area contributed by atoms with Crippen molar-refractivity contribution in [2.24, 2.45) is 11.7 Å². The SMILES string of the molecule is CCOC(=O)c1ccc(S(=O)(=O)NCC(N)C2CC2)c(Br)c1.Cl. The summed E-state index contributed by atoms with van der Waals surface area (Å²) in [7, 11) is -3.68. The molecule has 0 aliphatic heterocycles. The quantitative estimate of drug-likeness (QED) is 0.649. The van der Waals surface area contributed by atoms with Gasteiger partial charge in [0, 0.05) is 17.1 Å². The Bertz CT molecular complexity index is 665. The Morgan fingerprint density at radius 1 is 1.48 bits per heavy atom. The van der Waals surface area contributed by atoms with Gasteiger partial charge < -0.3 is 10.5 Å². The number of carbonyl (C=O) groups is 1. The second-order valence-corrected chi connectivity index (χ2v) is 7.81. The maximum absolute atomic E-state index is 12.3. The molecule has 1 aromatic rings. The number of hydrogen-bond donors (Lipinski definition) is 2. The third-order valence-electron chi connectivity index (χ3n) is 3.47. The first-order valence-electron chi connectivity index (χ1n) is 7.07. The summed E-state index contributed by atoms with van der Waals surface area (Å²) >= 11 is 3.19. The molecule has 9 heteroatoms. The Labute approximate surface area is 150 Å². The van der Waals surface area contributed by atoms with E-state index >= 15 is 0 Å². The molecular weight excluding hydrogens is 408 g/mol. The summed E-state index contributed by atoms with van der Waals surface area (Å²) in [4.78, 5) is 11.7. The van der Waals surface area contributed by atoms with E-state index in [4.69, 9.17) is 10.5 Å². The van der Waals surface area contributed by atoms with Crippen molar-refractivity contribution in [3.63, 3.8) is 0 Å². The van der Waals surface area contributed by atoms with Crippen LogP contribution in [0, 0.1) is 5.92 Å². The van der Waals surface area contributed by atoms with Gasteiger partial charge in [0.1, 0.15) is 0 Å².